The number of pyridine rings is 1. The predicted octanol–water partition coefficient (Wildman–Crippen LogP) is 0.0776. The van der Waals surface area contributed by atoms with E-state index in [0.29, 0.717) is 16.2 Å². The highest BCUT2D eigenvalue weighted by atomic mass is 16.7. The maximum absolute atomic E-state index is 12.2. The van der Waals surface area contributed by atoms with Gasteiger partial charge in [0.1, 0.15) is 5.56 Å². The van der Waals surface area contributed by atoms with E-state index in [-0.39, 0.29) is 24.6 Å². The first-order valence-corrected chi connectivity index (χ1v) is 6.75. The highest BCUT2D eigenvalue weighted by Gasteiger charge is 2.24. The van der Waals surface area contributed by atoms with E-state index in [0.717, 1.165) is 11.8 Å². The molecule has 0 bridgehead atoms. The van der Waals surface area contributed by atoms with Gasteiger partial charge in [-0.1, -0.05) is 6.07 Å². The van der Waals surface area contributed by atoms with Crippen molar-refractivity contribution in [3.05, 3.63) is 58.6 Å². The molecule has 8 nitrogen and oxygen atoms in total. The molecule has 3 rings (SSSR count). The molecule has 0 atom stereocenters. The topological polar surface area (TPSA) is 118 Å². The molecule has 1 aliphatic rings. The van der Waals surface area contributed by atoms with Crippen LogP contribution in [-0.2, 0) is 6.54 Å². The first-order chi connectivity index (χ1) is 11.1. The third-order valence-electron chi connectivity index (χ3n) is 3.33. The number of nitrogens with one attached hydrogen (secondary N) is 1. The Kier molecular flexibility index (Phi) is 3.71. The van der Waals surface area contributed by atoms with Gasteiger partial charge in [-0.2, -0.15) is 4.73 Å². The highest BCUT2D eigenvalue weighted by Crippen LogP contribution is 2.32. The lowest BCUT2D eigenvalue weighted by atomic mass is 10.1. The van der Waals surface area contributed by atoms with Gasteiger partial charge in [-0.25, -0.2) is 0 Å². The number of hydrogen-bond acceptors (Lipinski definition) is 5. The van der Waals surface area contributed by atoms with Gasteiger partial charge in [-0.05, 0) is 23.8 Å². The molecule has 0 saturated carbocycles. The zero-order valence-corrected chi connectivity index (χ0v) is 11.9. The van der Waals surface area contributed by atoms with Crippen LogP contribution in [0.4, 0.5) is 0 Å². The molecule has 2 amide bonds. The molecule has 0 saturated heterocycles. The van der Waals surface area contributed by atoms with Crippen molar-refractivity contribution >= 4 is 11.8 Å². The van der Waals surface area contributed by atoms with E-state index in [4.69, 9.17) is 15.2 Å². The quantitative estimate of drug-likeness (QED) is 0.612. The highest BCUT2D eigenvalue weighted by molar-refractivity contribution is 6.04. The maximum atomic E-state index is 12.2. The van der Waals surface area contributed by atoms with Gasteiger partial charge in [0.05, 0.1) is 0 Å². The van der Waals surface area contributed by atoms with Crippen LogP contribution in [0, 0.1) is 5.21 Å². The molecule has 23 heavy (non-hydrogen) atoms. The fraction of sp³-hybridized carbons (Fsp3) is 0.133. The Morgan fingerprint density at radius 2 is 2.04 bits per heavy atom. The van der Waals surface area contributed by atoms with Crippen LogP contribution in [0.15, 0.2) is 36.5 Å². The minimum absolute atomic E-state index is 0.134. The summed E-state index contributed by atoms with van der Waals surface area (Å²) in [5, 5.41) is 14.3. The second-order valence-corrected chi connectivity index (χ2v) is 4.83. The Balaban J connectivity index is 1.77. The first-order valence-electron chi connectivity index (χ1n) is 6.75. The summed E-state index contributed by atoms with van der Waals surface area (Å²) in [6.45, 7) is 0.315. The van der Waals surface area contributed by atoms with Crippen LogP contribution in [0.2, 0.25) is 0 Å². The van der Waals surface area contributed by atoms with Crippen molar-refractivity contribution in [2.24, 2.45) is 5.73 Å². The Labute approximate surface area is 131 Å². The number of amides is 2. The fourth-order valence-corrected chi connectivity index (χ4v) is 2.23. The first kappa shape index (κ1) is 14.6. The Hall–Kier alpha value is -3.29. The van der Waals surface area contributed by atoms with Crippen LogP contribution in [0.1, 0.15) is 26.4 Å². The van der Waals surface area contributed by atoms with Gasteiger partial charge in [0.25, 0.3) is 11.6 Å². The summed E-state index contributed by atoms with van der Waals surface area (Å²) in [5.41, 5.74) is 5.48. The van der Waals surface area contributed by atoms with E-state index in [1.807, 2.05) is 0 Å². The number of benzene rings is 1. The summed E-state index contributed by atoms with van der Waals surface area (Å²) in [7, 11) is 0. The van der Waals surface area contributed by atoms with Gasteiger partial charge in [0.15, 0.2) is 17.7 Å². The number of nitrogens with zero attached hydrogens (tertiary/aromatic N) is 1. The van der Waals surface area contributed by atoms with Gasteiger partial charge in [-0.3, -0.25) is 9.59 Å². The van der Waals surface area contributed by atoms with Crippen LogP contribution in [0.25, 0.3) is 0 Å². The molecule has 1 aromatic heterocycles. The van der Waals surface area contributed by atoms with E-state index in [2.05, 4.69) is 5.32 Å². The normalized spacial score (nSPS) is 12.0. The average molecular weight is 315 g/mol. The van der Waals surface area contributed by atoms with Crippen LogP contribution >= 0.6 is 0 Å². The molecule has 0 unspecified atom stereocenters. The lowest BCUT2D eigenvalue weighted by molar-refractivity contribution is -0.607. The molecule has 0 radical (unpaired) electrons. The molecule has 118 valence electrons. The maximum Gasteiger partial charge on any atom is 0.318 e. The van der Waals surface area contributed by atoms with Gasteiger partial charge >= 0.3 is 5.91 Å². The lowest BCUT2D eigenvalue weighted by Crippen LogP contribution is -2.42. The number of carbonyl (C=O) groups is 2. The Morgan fingerprint density at radius 3 is 2.83 bits per heavy atom. The predicted molar refractivity (Wildman–Crippen MR) is 77.7 cm³/mol. The molecule has 0 fully saturated rings. The van der Waals surface area contributed by atoms with Gasteiger partial charge < -0.3 is 25.7 Å². The number of primary amides is 1. The molecule has 1 aliphatic heterocycles. The van der Waals surface area contributed by atoms with Crippen molar-refractivity contribution in [3.63, 3.8) is 0 Å². The largest absolute Gasteiger partial charge is 0.618 e. The number of ether oxygens (including phenoxy) is 2. The standard InChI is InChI=1S/C15H13N3O5/c16-14(19)10-2-1-5-18(21)13(10)15(20)17-7-9-3-4-11-12(6-9)23-8-22-11/h1-6H,7-8H2,(H2,16,19)(H,17,20). The summed E-state index contributed by atoms with van der Waals surface area (Å²) in [6, 6.07) is 7.90. The third-order valence-corrected chi connectivity index (χ3v) is 3.33. The van der Waals surface area contributed by atoms with Gasteiger partial charge in [0.2, 0.25) is 6.79 Å². The molecule has 2 heterocycles. The van der Waals surface area contributed by atoms with Crippen LogP contribution in [0.3, 0.4) is 0 Å². The molecule has 0 aliphatic carbocycles. The number of hydrogen-bond donors (Lipinski definition) is 2. The molecular formula is C15H13N3O5. The summed E-state index contributed by atoms with van der Waals surface area (Å²) in [4.78, 5) is 23.5. The number of fused-ring (bicyclic) bond motifs is 1. The minimum atomic E-state index is -0.844. The fourth-order valence-electron chi connectivity index (χ4n) is 2.23. The molecule has 0 spiro atoms. The zero-order chi connectivity index (χ0) is 16.4. The van der Waals surface area contributed by atoms with Crippen molar-refractivity contribution < 1.29 is 23.8 Å². The van der Waals surface area contributed by atoms with Gasteiger partial charge in [0, 0.05) is 12.6 Å². The van der Waals surface area contributed by atoms with Gasteiger partial charge in [-0.15, -0.1) is 0 Å². The van der Waals surface area contributed by atoms with E-state index in [9.17, 15) is 14.8 Å². The van der Waals surface area contributed by atoms with E-state index in [1.54, 1.807) is 18.2 Å². The number of rotatable bonds is 4. The zero-order valence-electron chi connectivity index (χ0n) is 11.9. The number of aromatic nitrogens is 1. The second-order valence-electron chi connectivity index (χ2n) is 4.83. The Morgan fingerprint density at radius 1 is 1.26 bits per heavy atom. The smallest absolute Gasteiger partial charge is 0.318 e. The van der Waals surface area contributed by atoms with Crippen molar-refractivity contribution in [2.75, 3.05) is 6.79 Å². The van der Waals surface area contributed by atoms with Crippen molar-refractivity contribution in [2.45, 2.75) is 6.54 Å². The van der Waals surface area contributed by atoms with E-state index >= 15 is 0 Å². The summed E-state index contributed by atoms with van der Waals surface area (Å²) in [6.07, 6.45) is 1.13. The number of nitrogens with two attached hydrogens (primary N) is 1. The molecule has 2 aromatic rings. The van der Waals surface area contributed by atoms with Crippen molar-refractivity contribution in [3.8, 4) is 11.5 Å². The SMILES string of the molecule is NC(=O)c1ccc[n+]([O-])c1C(=O)NCc1ccc2c(c1)OCO2. The second kappa shape index (κ2) is 5.84. The van der Waals surface area contributed by atoms with Crippen LogP contribution in [-0.4, -0.2) is 18.6 Å². The molecular weight excluding hydrogens is 302 g/mol. The third kappa shape index (κ3) is 2.86. The lowest BCUT2D eigenvalue weighted by Gasteiger charge is -2.09. The summed E-state index contributed by atoms with van der Waals surface area (Å²) < 4.78 is 10.8. The minimum Gasteiger partial charge on any atom is -0.618 e. The Bertz CT molecular complexity index is 791. The van der Waals surface area contributed by atoms with Crippen LogP contribution < -0.4 is 25.3 Å². The number of carbonyl (C=O) groups excluding carboxylic acids is 2. The summed E-state index contributed by atoms with van der Waals surface area (Å²) >= 11 is 0. The summed E-state index contributed by atoms with van der Waals surface area (Å²) in [5.74, 6) is -0.305. The molecule has 1 aromatic carbocycles. The van der Waals surface area contributed by atoms with E-state index < -0.39 is 11.8 Å². The monoisotopic (exact) mass is 315 g/mol. The molecule has 3 N–H and O–H groups in total. The van der Waals surface area contributed by atoms with Crippen LogP contribution in [0.5, 0.6) is 11.5 Å². The average Bonchev–Trinajstić information content (AvgIpc) is 2.99. The molecule has 8 heteroatoms. The van der Waals surface area contributed by atoms with Crippen molar-refractivity contribution in [1.29, 1.82) is 0 Å². The van der Waals surface area contributed by atoms with Crippen molar-refractivity contribution in [1.82, 2.24) is 5.32 Å². The van der Waals surface area contributed by atoms with E-state index in [1.165, 1.54) is 12.1 Å².